The van der Waals surface area contributed by atoms with Gasteiger partial charge < -0.3 is 10.0 Å². The van der Waals surface area contributed by atoms with E-state index in [2.05, 4.69) is 4.99 Å². The highest BCUT2D eigenvalue weighted by Crippen LogP contribution is 1.95. The molecule has 1 unspecified atom stereocenters. The van der Waals surface area contributed by atoms with Crippen LogP contribution >= 0.6 is 0 Å². The van der Waals surface area contributed by atoms with Crippen LogP contribution in [0.3, 0.4) is 0 Å². The van der Waals surface area contributed by atoms with Gasteiger partial charge in [0.15, 0.2) is 0 Å². The maximum Gasteiger partial charge on any atom is 0.328 e. The van der Waals surface area contributed by atoms with Crippen molar-refractivity contribution in [1.29, 1.82) is 0 Å². The average Bonchev–Trinajstić information content (AvgIpc) is 1.87. The van der Waals surface area contributed by atoms with Crippen molar-refractivity contribution in [3.05, 3.63) is 0 Å². The molecule has 0 aliphatic heterocycles. The average molecular weight is 158 g/mol. The zero-order chi connectivity index (χ0) is 8.85. The quantitative estimate of drug-likeness (QED) is 0.477. The van der Waals surface area contributed by atoms with Crippen molar-refractivity contribution in [3.63, 3.8) is 0 Å². The summed E-state index contributed by atoms with van der Waals surface area (Å²) in [6.07, 6.45) is 2.04. The second kappa shape index (κ2) is 4.71. The van der Waals surface area contributed by atoms with Gasteiger partial charge in [-0.15, -0.1) is 0 Å². The Kier molecular flexibility index (Phi) is 4.26. The lowest BCUT2D eigenvalue weighted by Gasteiger charge is -2.06. The van der Waals surface area contributed by atoms with Crippen molar-refractivity contribution in [2.24, 2.45) is 4.99 Å². The number of aliphatic carboxylic acids is 1. The number of nitrogens with zero attached hydrogens (tertiary/aromatic N) is 2. The molecule has 0 aliphatic rings. The number of carboxylic acids is 1. The van der Waals surface area contributed by atoms with Crippen LogP contribution in [-0.4, -0.2) is 42.5 Å². The third kappa shape index (κ3) is 4.36. The molecule has 64 valence electrons. The molecule has 0 saturated carbocycles. The molecular weight excluding hydrogens is 144 g/mol. The maximum atomic E-state index is 10.4. The zero-order valence-electron chi connectivity index (χ0n) is 7.11. The van der Waals surface area contributed by atoms with Crippen LogP contribution in [0, 0.1) is 0 Å². The lowest BCUT2D eigenvalue weighted by atomic mass is 10.2. The van der Waals surface area contributed by atoms with Gasteiger partial charge in [-0.1, -0.05) is 6.92 Å². The number of aliphatic imine (C=N–C) groups is 1. The Labute approximate surface area is 66.5 Å². The Hall–Kier alpha value is -1.06. The summed E-state index contributed by atoms with van der Waals surface area (Å²) >= 11 is 0. The zero-order valence-corrected chi connectivity index (χ0v) is 7.11. The number of carboxylic acid groups (broad SMARTS) is 1. The van der Waals surface area contributed by atoms with Crippen molar-refractivity contribution >= 4 is 12.3 Å². The molecule has 0 bridgehead atoms. The van der Waals surface area contributed by atoms with Gasteiger partial charge in [0.1, 0.15) is 6.04 Å². The van der Waals surface area contributed by atoms with Gasteiger partial charge in [0.2, 0.25) is 0 Å². The van der Waals surface area contributed by atoms with Crippen LogP contribution < -0.4 is 0 Å². The Morgan fingerprint density at radius 3 is 2.55 bits per heavy atom. The van der Waals surface area contributed by atoms with E-state index in [0.717, 1.165) is 0 Å². The highest BCUT2D eigenvalue weighted by molar-refractivity contribution is 5.75. The molecule has 1 N–H and O–H groups in total. The summed E-state index contributed by atoms with van der Waals surface area (Å²) < 4.78 is 0. The van der Waals surface area contributed by atoms with Gasteiger partial charge >= 0.3 is 5.97 Å². The molecule has 0 fully saturated rings. The Morgan fingerprint density at radius 2 is 2.27 bits per heavy atom. The standard InChI is InChI=1S/C7H14N2O2/c1-4-6(7(10)11)8-5-9(2)3/h5-6H,4H2,1-3H3,(H,10,11). The second-order valence-electron chi connectivity index (χ2n) is 2.49. The smallest absolute Gasteiger partial charge is 0.328 e. The van der Waals surface area contributed by atoms with Gasteiger partial charge in [-0.05, 0) is 6.42 Å². The van der Waals surface area contributed by atoms with Crippen LogP contribution in [0.4, 0.5) is 0 Å². The van der Waals surface area contributed by atoms with Gasteiger partial charge in [-0.25, -0.2) is 4.79 Å². The highest BCUT2D eigenvalue weighted by Gasteiger charge is 2.11. The molecule has 1 atom stereocenters. The molecule has 0 aromatic rings. The fraction of sp³-hybridized carbons (Fsp3) is 0.714. The van der Waals surface area contributed by atoms with E-state index in [1.165, 1.54) is 6.34 Å². The minimum atomic E-state index is -0.870. The minimum absolute atomic E-state index is 0.527. The first-order chi connectivity index (χ1) is 5.07. The van der Waals surface area contributed by atoms with Crippen molar-refractivity contribution in [3.8, 4) is 0 Å². The molecule has 0 aromatic carbocycles. The van der Waals surface area contributed by atoms with E-state index in [1.54, 1.807) is 25.9 Å². The van der Waals surface area contributed by atoms with Crippen LogP contribution in [0.5, 0.6) is 0 Å². The molecule has 0 heterocycles. The summed E-state index contributed by atoms with van der Waals surface area (Å²) in [6.45, 7) is 1.80. The van der Waals surface area contributed by atoms with E-state index in [1.807, 2.05) is 0 Å². The van der Waals surface area contributed by atoms with Crippen LogP contribution in [0.25, 0.3) is 0 Å². The summed E-state index contributed by atoms with van der Waals surface area (Å²) in [5, 5.41) is 8.55. The molecular formula is C7H14N2O2. The van der Waals surface area contributed by atoms with E-state index in [-0.39, 0.29) is 0 Å². The van der Waals surface area contributed by atoms with E-state index >= 15 is 0 Å². The number of hydrogen-bond donors (Lipinski definition) is 1. The van der Waals surface area contributed by atoms with Crippen molar-refractivity contribution in [2.75, 3.05) is 14.1 Å². The van der Waals surface area contributed by atoms with E-state index in [4.69, 9.17) is 5.11 Å². The molecule has 0 rings (SSSR count). The van der Waals surface area contributed by atoms with Crippen LogP contribution in [-0.2, 0) is 4.79 Å². The normalized spacial score (nSPS) is 13.4. The van der Waals surface area contributed by atoms with E-state index < -0.39 is 12.0 Å². The fourth-order valence-corrected chi connectivity index (χ4v) is 0.558. The summed E-state index contributed by atoms with van der Waals surface area (Å²) in [4.78, 5) is 16.0. The topological polar surface area (TPSA) is 52.9 Å². The maximum absolute atomic E-state index is 10.4. The molecule has 0 saturated heterocycles. The van der Waals surface area contributed by atoms with Crippen molar-refractivity contribution in [1.82, 2.24) is 4.90 Å². The predicted molar refractivity (Wildman–Crippen MR) is 43.9 cm³/mol. The molecule has 4 nitrogen and oxygen atoms in total. The number of carbonyl (C=O) groups is 1. The summed E-state index contributed by atoms with van der Waals surface area (Å²) in [5.74, 6) is -0.870. The molecule has 0 aliphatic carbocycles. The first-order valence-corrected chi connectivity index (χ1v) is 3.50. The molecule has 11 heavy (non-hydrogen) atoms. The van der Waals surface area contributed by atoms with Gasteiger partial charge in [0, 0.05) is 14.1 Å². The lowest BCUT2D eigenvalue weighted by Crippen LogP contribution is -2.19. The molecule has 0 amide bonds. The van der Waals surface area contributed by atoms with Crippen molar-refractivity contribution in [2.45, 2.75) is 19.4 Å². The molecule has 0 radical (unpaired) electrons. The molecule has 0 aromatic heterocycles. The van der Waals surface area contributed by atoms with Crippen LogP contribution in [0.1, 0.15) is 13.3 Å². The Morgan fingerprint density at radius 1 is 1.73 bits per heavy atom. The van der Waals surface area contributed by atoms with E-state index in [9.17, 15) is 4.79 Å². The van der Waals surface area contributed by atoms with Crippen LogP contribution in [0.2, 0.25) is 0 Å². The third-order valence-corrected chi connectivity index (χ3v) is 1.15. The minimum Gasteiger partial charge on any atom is -0.480 e. The summed E-state index contributed by atoms with van der Waals surface area (Å²) in [6, 6.07) is -0.600. The van der Waals surface area contributed by atoms with Gasteiger partial charge in [-0.2, -0.15) is 0 Å². The monoisotopic (exact) mass is 158 g/mol. The number of rotatable bonds is 4. The number of hydrogen-bond acceptors (Lipinski definition) is 2. The SMILES string of the molecule is CCC(N=CN(C)C)C(=O)O. The van der Waals surface area contributed by atoms with Gasteiger partial charge in [0.25, 0.3) is 0 Å². The Bertz CT molecular complexity index is 155. The highest BCUT2D eigenvalue weighted by atomic mass is 16.4. The predicted octanol–water partition coefficient (Wildman–Crippen LogP) is 0.439. The van der Waals surface area contributed by atoms with Crippen LogP contribution in [0.15, 0.2) is 4.99 Å². The second-order valence-corrected chi connectivity index (χ2v) is 2.49. The third-order valence-electron chi connectivity index (χ3n) is 1.15. The summed E-state index contributed by atoms with van der Waals surface area (Å²) in [7, 11) is 3.61. The van der Waals surface area contributed by atoms with E-state index in [0.29, 0.717) is 6.42 Å². The molecule has 4 heteroatoms. The first kappa shape index (κ1) is 9.94. The summed E-state index contributed by atoms with van der Waals surface area (Å²) in [5.41, 5.74) is 0. The van der Waals surface area contributed by atoms with Gasteiger partial charge in [-0.3, -0.25) is 4.99 Å². The first-order valence-electron chi connectivity index (χ1n) is 3.50. The largest absolute Gasteiger partial charge is 0.480 e. The van der Waals surface area contributed by atoms with Crippen molar-refractivity contribution < 1.29 is 9.90 Å². The lowest BCUT2D eigenvalue weighted by molar-refractivity contribution is -0.138. The molecule has 0 spiro atoms. The fourth-order valence-electron chi connectivity index (χ4n) is 0.558. The Balaban J connectivity index is 3.97. The van der Waals surface area contributed by atoms with Gasteiger partial charge in [0.05, 0.1) is 6.34 Å².